The summed E-state index contributed by atoms with van der Waals surface area (Å²) in [6.45, 7) is 0.115. The second kappa shape index (κ2) is 5.93. The van der Waals surface area contributed by atoms with Crippen LogP contribution < -0.4 is 15.2 Å². The largest absolute Gasteiger partial charge is 0.497 e. The molecule has 0 saturated heterocycles. The lowest BCUT2D eigenvalue weighted by molar-refractivity contribution is 0.305. The van der Waals surface area contributed by atoms with Gasteiger partial charge in [0, 0.05) is 6.07 Å². The van der Waals surface area contributed by atoms with Crippen LogP contribution in [-0.4, -0.2) is 7.11 Å². The molecule has 0 bridgehead atoms. The first kappa shape index (κ1) is 13.7. The van der Waals surface area contributed by atoms with Gasteiger partial charge in [-0.05, 0) is 35.9 Å². The fraction of sp³-hybridized carbons (Fsp3) is 0.133. The van der Waals surface area contributed by atoms with Crippen LogP contribution in [0, 0.1) is 17.1 Å². The molecule has 5 heteroatoms. The van der Waals surface area contributed by atoms with E-state index in [2.05, 4.69) is 0 Å². The van der Waals surface area contributed by atoms with Crippen LogP contribution in [0.5, 0.6) is 11.5 Å². The number of hydrogen-bond donors (Lipinski definition) is 1. The molecule has 102 valence electrons. The number of nitriles is 1. The molecule has 0 aliphatic rings. The Hall–Kier alpha value is -2.74. The zero-order valence-corrected chi connectivity index (χ0v) is 10.9. The van der Waals surface area contributed by atoms with Crippen molar-refractivity contribution in [2.24, 2.45) is 0 Å². The molecular formula is C15H13FN2O2. The third-order valence-electron chi connectivity index (χ3n) is 2.70. The molecule has 0 fully saturated rings. The van der Waals surface area contributed by atoms with Crippen molar-refractivity contribution < 1.29 is 13.9 Å². The fourth-order valence-corrected chi connectivity index (χ4v) is 1.73. The van der Waals surface area contributed by atoms with Gasteiger partial charge in [-0.25, -0.2) is 4.39 Å². The molecular weight excluding hydrogens is 259 g/mol. The van der Waals surface area contributed by atoms with Crippen molar-refractivity contribution in [2.45, 2.75) is 6.61 Å². The Morgan fingerprint density at radius 2 is 2.05 bits per heavy atom. The van der Waals surface area contributed by atoms with Gasteiger partial charge in [-0.15, -0.1) is 0 Å². The van der Waals surface area contributed by atoms with E-state index >= 15 is 0 Å². The number of halogens is 1. The number of hydrogen-bond acceptors (Lipinski definition) is 4. The smallest absolute Gasteiger partial charge is 0.146 e. The maximum absolute atomic E-state index is 13.3. The molecule has 0 spiro atoms. The summed E-state index contributed by atoms with van der Waals surface area (Å²) in [5.74, 6) is 0.597. The van der Waals surface area contributed by atoms with E-state index in [1.165, 1.54) is 12.1 Å². The minimum atomic E-state index is -0.471. The Kier molecular flexibility index (Phi) is 4.06. The summed E-state index contributed by atoms with van der Waals surface area (Å²) in [5, 5.41) is 8.79. The molecule has 0 radical (unpaired) electrons. The van der Waals surface area contributed by atoms with Gasteiger partial charge < -0.3 is 15.2 Å². The first-order chi connectivity index (χ1) is 9.62. The van der Waals surface area contributed by atoms with Gasteiger partial charge >= 0.3 is 0 Å². The van der Waals surface area contributed by atoms with Crippen molar-refractivity contribution in [3.63, 3.8) is 0 Å². The predicted molar refractivity (Wildman–Crippen MR) is 72.9 cm³/mol. The van der Waals surface area contributed by atoms with E-state index in [0.29, 0.717) is 22.7 Å². The van der Waals surface area contributed by atoms with Gasteiger partial charge in [0.05, 0.1) is 24.4 Å². The molecule has 0 unspecified atom stereocenters. The molecule has 0 aromatic heterocycles. The average Bonchev–Trinajstić information content (AvgIpc) is 2.45. The molecule has 2 N–H and O–H groups in total. The van der Waals surface area contributed by atoms with Gasteiger partial charge in [0.2, 0.25) is 0 Å². The standard InChI is InChI=1S/C15H13FN2O2/c1-19-13-2-3-14(18)15(7-13)20-9-11-4-10(8-17)5-12(16)6-11/h2-7H,9,18H2,1H3. The van der Waals surface area contributed by atoms with E-state index < -0.39 is 5.82 Å². The van der Waals surface area contributed by atoms with Crippen LogP contribution >= 0.6 is 0 Å². The van der Waals surface area contributed by atoms with Crippen molar-refractivity contribution in [1.29, 1.82) is 5.26 Å². The molecule has 20 heavy (non-hydrogen) atoms. The summed E-state index contributed by atoms with van der Waals surface area (Å²) in [5.41, 5.74) is 7.06. The van der Waals surface area contributed by atoms with Crippen molar-refractivity contribution in [1.82, 2.24) is 0 Å². The molecule has 0 aliphatic carbocycles. The third-order valence-corrected chi connectivity index (χ3v) is 2.70. The summed E-state index contributed by atoms with van der Waals surface area (Å²) in [7, 11) is 1.54. The summed E-state index contributed by atoms with van der Waals surface area (Å²) in [4.78, 5) is 0. The number of nitrogen functional groups attached to an aromatic ring is 1. The summed E-state index contributed by atoms with van der Waals surface area (Å²) in [6, 6.07) is 11.0. The van der Waals surface area contributed by atoms with Crippen molar-refractivity contribution in [3.05, 3.63) is 53.3 Å². The van der Waals surface area contributed by atoms with Gasteiger partial charge in [-0.3, -0.25) is 0 Å². The lowest BCUT2D eigenvalue weighted by Crippen LogP contribution is -2.00. The zero-order chi connectivity index (χ0) is 14.5. The molecule has 0 aliphatic heterocycles. The molecule has 2 rings (SSSR count). The fourth-order valence-electron chi connectivity index (χ4n) is 1.73. The zero-order valence-electron chi connectivity index (χ0n) is 10.9. The number of nitrogens with two attached hydrogens (primary N) is 1. The molecule has 0 atom stereocenters. The van der Waals surface area contributed by atoms with Gasteiger partial charge in [0.15, 0.2) is 0 Å². The highest BCUT2D eigenvalue weighted by Gasteiger charge is 2.05. The molecule has 2 aromatic carbocycles. The van der Waals surface area contributed by atoms with Gasteiger partial charge in [-0.1, -0.05) is 0 Å². The highest BCUT2D eigenvalue weighted by atomic mass is 19.1. The van der Waals surface area contributed by atoms with Crippen LogP contribution in [0.4, 0.5) is 10.1 Å². The first-order valence-corrected chi connectivity index (χ1v) is 5.88. The number of benzene rings is 2. The van der Waals surface area contributed by atoms with Crippen molar-refractivity contribution in [3.8, 4) is 17.6 Å². The third kappa shape index (κ3) is 3.18. The number of anilines is 1. The van der Waals surface area contributed by atoms with Crippen LogP contribution in [0.15, 0.2) is 36.4 Å². The maximum Gasteiger partial charge on any atom is 0.146 e. The Balaban J connectivity index is 2.16. The summed E-state index contributed by atoms with van der Waals surface area (Å²) < 4.78 is 23.9. The Labute approximate surface area is 116 Å². The molecule has 2 aromatic rings. The van der Waals surface area contributed by atoms with Crippen molar-refractivity contribution in [2.75, 3.05) is 12.8 Å². The first-order valence-electron chi connectivity index (χ1n) is 5.88. The second-order valence-corrected chi connectivity index (χ2v) is 4.15. The van der Waals surface area contributed by atoms with Gasteiger partial charge in [0.25, 0.3) is 0 Å². The number of ether oxygens (including phenoxy) is 2. The Bertz CT molecular complexity index is 665. The Morgan fingerprint density at radius 3 is 2.75 bits per heavy atom. The quantitative estimate of drug-likeness (QED) is 0.869. The molecule has 4 nitrogen and oxygen atoms in total. The highest BCUT2D eigenvalue weighted by molar-refractivity contribution is 5.55. The van der Waals surface area contributed by atoms with E-state index in [9.17, 15) is 4.39 Å². The van der Waals surface area contributed by atoms with E-state index in [1.54, 1.807) is 31.4 Å². The summed E-state index contributed by atoms with van der Waals surface area (Å²) in [6.07, 6.45) is 0. The monoisotopic (exact) mass is 272 g/mol. The van der Waals surface area contributed by atoms with E-state index in [-0.39, 0.29) is 12.2 Å². The average molecular weight is 272 g/mol. The lowest BCUT2D eigenvalue weighted by Gasteiger charge is -2.10. The predicted octanol–water partition coefficient (Wildman–Crippen LogP) is 2.87. The number of methoxy groups -OCH3 is 1. The van der Waals surface area contributed by atoms with Crippen LogP contribution in [-0.2, 0) is 6.61 Å². The molecule has 0 saturated carbocycles. The van der Waals surface area contributed by atoms with Crippen LogP contribution in [0.3, 0.4) is 0 Å². The molecule has 0 amide bonds. The van der Waals surface area contributed by atoms with E-state index in [0.717, 1.165) is 0 Å². The topological polar surface area (TPSA) is 68.3 Å². The molecule has 0 heterocycles. The highest BCUT2D eigenvalue weighted by Crippen LogP contribution is 2.27. The minimum absolute atomic E-state index is 0.115. The minimum Gasteiger partial charge on any atom is -0.497 e. The lowest BCUT2D eigenvalue weighted by atomic mass is 10.1. The second-order valence-electron chi connectivity index (χ2n) is 4.15. The van der Waals surface area contributed by atoms with Crippen LogP contribution in [0.25, 0.3) is 0 Å². The maximum atomic E-state index is 13.3. The van der Waals surface area contributed by atoms with E-state index in [1.807, 2.05) is 6.07 Å². The van der Waals surface area contributed by atoms with Crippen LogP contribution in [0.1, 0.15) is 11.1 Å². The Morgan fingerprint density at radius 1 is 1.25 bits per heavy atom. The van der Waals surface area contributed by atoms with Gasteiger partial charge in [0.1, 0.15) is 23.9 Å². The normalized spacial score (nSPS) is 9.85. The van der Waals surface area contributed by atoms with Crippen LogP contribution in [0.2, 0.25) is 0 Å². The number of rotatable bonds is 4. The number of nitrogens with zero attached hydrogens (tertiary/aromatic N) is 1. The SMILES string of the molecule is COc1ccc(N)c(OCc2cc(F)cc(C#N)c2)c1. The van der Waals surface area contributed by atoms with Crippen molar-refractivity contribution >= 4 is 5.69 Å². The summed E-state index contributed by atoms with van der Waals surface area (Å²) >= 11 is 0. The van der Waals surface area contributed by atoms with Gasteiger partial charge in [-0.2, -0.15) is 5.26 Å². The van der Waals surface area contributed by atoms with E-state index in [4.69, 9.17) is 20.5 Å².